The van der Waals surface area contributed by atoms with Crippen LogP contribution < -0.4 is 0 Å². The van der Waals surface area contributed by atoms with E-state index in [0.29, 0.717) is 12.2 Å². The van der Waals surface area contributed by atoms with Gasteiger partial charge in [0, 0.05) is 39.6 Å². The normalized spacial score (nSPS) is 14.6. The topological polar surface area (TPSA) is 118 Å². The number of likely N-dealkylation sites (N-methyl/N-ethyl adjacent to an activating group) is 2. The molecule has 9 nitrogen and oxygen atoms in total. The summed E-state index contributed by atoms with van der Waals surface area (Å²) in [6, 6.07) is -0.725. The lowest BCUT2D eigenvalue weighted by molar-refractivity contribution is -0.148. The summed E-state index contributed by atoms with van der Waals surface area (Å²) in [6.07, 6.45) is 51.8. The van der Waals surface area contributed by atoms with Gasteiger partial charge in [-0.05, 0) is 123 Å². The van der Waals surface area contributed by atoms with Gasteiger partial charge in [0.2, 0.25) is 0 Å². The smallest absolute Gasteiger partial charge is 0.157 e. The number of aliphatic hydroxyl groups excluding tert-OH is 4. The van der Waals surface area contributed by atoms with Crippen LogP contribution in [0.3, 0.4) is 0 Å². The van der Waals surface area contributed by atoms with Crippen LogP contribution in [0.1, 0.15) is 200 Å². The summed E-state index contributed by atoms with van der Waals surface area (Å²) in [7, 11) is 3.78. The van der Waals surface area contributed by atoms with E-state index in [1.54, 1.807) is 18.1 Å². The Morgan fingerprint density at radius 1 is 0.571 bits per heavy atom. The molecule has 0 aromatic heterocycles. The predicted molar refractivity (Wildman–Crippen MR) is 270 cm³/mol. The number of nitrogens with zero attached hydrogens (tertiary/aromatic N) is 3. The van der Waals surface area contributed by atoms with E-state index in [-0.39, 0.29) is 25.9 Å². The molecule has 0 aliphatic heterocycles. The number of hydrogen-bond donors (Lipinski definition) is 4. The lowest BCUT2D eigenvalue weighted by Gasteiger charge is -2.32. The van der Waals surface area contributed by atoms with Crippen molar-refractivity contribution >= 4 is 6.72 Å². The zero-order chi connectivity index (χ0) is 46.3. The largest absolute Gasteiger partial charge is 0.396 e. The van der Waals surface area contributed by atoms with Gasteiger partial charge in [0.1, 0.15) is 6.10 Å². The Bertz CT molecular complexity index is 1130. The van der Waals surface area contributed by atoms with Crippen LogP contribution in [0.5, 0.6) is 0 Å². The van der Waals surface area contributed by atoms with E-state index < -0.39 is 18.2 Å². The van der Waals surface area contributed by atoms with Gasteiger partial charge < -0.3 is 39.7 Å². The number of rotatable bonds is 48. The van der Waals surface area contributed by atoms with Crippen molar-refractivity contribution in [1.29, 1.82) is 0 Å². The van der Waals surface area contributed by atoms with Gasteiger partial charge in [0.05, 0.1) is 24.4 Å². The number of aliphatic hydroxyl groups is 4. The summed E-state index contributed by atoms with van der Waals surface area (Å²) in [6.45, 7) is 10.6. The Hall–Kier alpha value is -2.11. The molecule has 0 radical (unpaired) electrons. The molecule has 368 valence electrons. The second-order valence-corrected chi connectivity index (χ2v) is 17.7. The monoisotopic (exact) mass is 888 g/mol. The van der Waals surface area contributed by atoms with Gasteiger partial charge in [-0.15, -0.1) is 0 Å². The highest BCUT2D eigenvalue weighted by atomic mass is 16.7. The molecule has 4 atom stereocenters. The third-order valence-electron chi connectivity index (χ3n) is 11.7. The number of ether oxygens (including phenoxy) is 2. The van der Waals surface area contributed by atoms with Crippen LogP contribution in [0.15, 0.2) is 65.5 Å². The lowest BCUT2D eigenvalue weighted by Crippen LogP contribution is -2.48. The summed E-state index contributed by atoms with van der Waals surface area (Å²) in [5, 5.41) is 39.5. The van der Waals surface area contributed by atoms with Gasteiger partial charge in [-0.2, -0.15) is 0 Å². The van der Waals surface area contributed by atoms with Gasteiger partial charge in [-0.3, -0.25) is 4.99 Å². The summed E-state index contributed by atoms with van der Waals surface area (Å²) in [4.78, 5) is 8.02. The van der Waals surface area contributed by atoms with Crippen LogP contribution >= 0.6 is 0 Å². The molecule has 0 aromatic carbocycles. The quantitative estimate of drug-likeness (QED) is 0.0206. The van der Waals surface area contributed by atoms with Gasteiger partial charge >= 0.3 is 0 Å². The highest BCUT2D eigenvalue weighted by Crippen LogP contribution is 2.16. The molecular weight excluding hydrogens is 787 g/mol. The maximum Gasteiger partial charge on any atom is 0.157 e. The van der Waals surface area contributed by atoms with Crippen molar-refractivity contribution in [2.45, 2.75) is 225 Å². The molecule has 0 saturated carbocycles. The molecule has 0 amide bonds. The van der Waals surface area contributed by atoms with Gasteiger partial charge in [-0.1, -0.05) is 146 Å². The fourth-order valence-electron chi connectivity index (χ4n) is 7.55. The van der Waals surface area contributed by atoms with Crippen LogP contribution in [0.4, 0.5) is 0 Å². The number of hydrogen-bond acceptors (Lipinski definition) is 9. The minimum absolute atomic E-state index is 0.0406. The maximum atomic E-state index is 10.5. The summed E-state index contributed by atoms with van der Waals surface area (Å²) in [5.41, 5.74) is 0.710. The average Bonchev–Trinajstić information content (AvgIpc) is 3.28. The van der Waals surface area contributed by atoms with E-state index in [0.717, 1.165) is 77.5 Å². The van der Waals surface area contributed by atoms with Crippen molar-refractivity contribution in [3.63, 3.8) is 0 Å². The minimum atomic E-state index is -1.20. The Morgan fingerprint density at radius 2 is 1.02 bits per heavy atom. The SMILES string of the molecule is C=N/C(=C\N(C)C(CO)[C@@H](O)C(O)CCO)CN(C)CCCCCCOC(CCCCCCC/C=C\C/C=C\CCCCC)OCCCCCCCC/C=C\C/C=C\CCCCC. The van der Waals surface area contributed by atoms with E-state index in [4.69, 9.17) is 14.6 Å². The summed E-state index contributed by atoms with van der Waals surface area (Å²) in [5.74, 6) is 0. The van der Waals surface area contributed by atoms with Crippen molar-refractivity contribution in [2.75, 3.05) is 53.6 Å². The van der Waals surface area contributed by atoms with Crippen LogP contribution in [0.2, 0.25) is 0 Å². The van der Waals surface area contributed by atoms with Gasteiger partial charge in [0.15, 0.2) is 6.29 Å². The van der Waals surface area contributed by atoms with Crippen LogP contribution in [-0.2, 0) is 9.47 Å². The second-order valence-electron chi connectivity index (χ2n) is 17.7. The van der Waals surface area contributed by atoms with Crippen LogP contribution in [0.25, 0.3) is 0 Å². The third-order valence-corrected chi connectivity index (χ3v) is 11.7. The van der Waals surface area contributed by atoms with Crippen molar-refractivity contribution in [2.24, 2.45) is 4.99 Å². The van der Waals surface area contributed by atoms with E-state index in [1.807, 2.05) is 0 Å². The molecule has 0 saturated heterocycles. The Morgan fingerprint density at radius 3 is 1.48 bits per heavy atom. The predicted octanol–water partition coefficient (Wildman–Crippen LogP) is 12.4. The summed E-state index contributed by atoms with van der Waals surface area (Å²) < 4.78 is 12.7. The zero-order valence-electron chi connectivity index (χ0n) is 41.4. The molecule has 0 heterocycles. The molecule has 63 heavy (non-hydrogen) atoms. The molecule has 0 fully saturated rings. The number of aliphatic imine (C=N–C) groups is 1. The molecule has 0 bridgehead atoms. The molecule has 0 aromatic rings. The van der Waals surface area contributed by atoms with E-state index in [9.17, 15) is 15.3 Å². The highest BCUT2D eigenvalue weighted by molar-refractivity contribution is 5.29. The zero-order valence-corrected chi connectivity index (χ0v) is 41.4. The van der Waals surface area contributed by atoms with Crippen molar-refractivity contribution < 1.29 is 29.9 Å². The summed E-state index contributed by atoms with van der Waals surface area (Å²) >= 11 is 0. The van der Waals surface area contributed by atoms with Gasteiger partial charge in [-0.25, -0.2) is 0 Å². The first-order valence-corrected chi connectivity index (χ1v) is 25.8. The highest BCUT2D eigenvalue weighted by Gasteiger charge is 2.28. The van der Waals surface area contributed by atoms with Crippen molar-refractivity contribution in [3.8, 4) is 0 Å². The first kappa shape index (κ1) is 60.9. The first-order valence-electron chi connectivity index (χ1n) is 25.8. The van der Waals surface area contributed by atoms with E-state index >= 15 is 0 Å². The number of allylic oxidation sites excluding steroid dienone is 8. The average molecular weight is 888 g/mol. The lowest BCUT2D eigenvalue weighted by atomic mass is 10.0. The molecular formula is C54H101N3O6. The van der Waals surface area contributed by atoms with Crippen molar-refractivity contribution in [3.05, 3.63) is 60.5 Å². The molecule has 0 spiro atoms. The fourth-order valence-corrected chi connectivity index (χ4v) is 7.55. The minimum Gasteiger partial charge on any atom is -0.396 e. The standard InChI is InChI=1S/C54H101N3O6/c1-6-8-10-12-14-16-18-20-22-24-26-28-30-32-35-39-45-62-53(41-37-33-31-29-27-25-23-21-19-17-15-13-11-9-7-2)63-46-40-36-34-38-43-56(4)47-50(55-3)48-57(5)51(49-59)54(61)52(60)42-44-58/h14-17,20-23,48,51-54,58-61H,3,6-13,18-19,24-47,49H2,1-2,4-5H3/b16-14-,17-15-,22-20-,23-21-,50-48-/t51?,52?,53?,54-/m1/s1. The fraction of sp³-hybridized carbons (Fsp3) is 0.796. The maximum absolute atomic E-state index is 10.5. The first-order chi connectivity index (χ1) is 30.8. The molecule has 3 unspecified atom stereocenters. The van der Waals surface area contributed by atoms with E-state index in [2.05, 4.69) is 86.1 Å². The Labute approximate surface area is 388 Å². The van der Waals surface area contributed by atoms with Crippen molar-refractivity contribution in [1.82, 2.24) is 9.80 Å². The Balaban J connectivity index is 4.55. The van der Waals surface area contributed by atoms with Gasteiger partial charge in [0.25, 0.3) is 0 Å². The number of unbranched alkanes of at least 4 members (excludes halogenated alkanes) is 20. The van der Waals surface area contributed by atoms with Crippen LogP contribution in [0, 0.1) is 0 Å². The molecule has 0 rings (SSSR count). The molecule has 9 heteroatoms. The Kier molecular flexibility index (Phi) is 46.2. The third kappa shape index (κ3) is 39.9. The molecule has 0 aliphatic rings. The molecule has 0 aliphatic carbocycles. The second kappa shape index (κ2) is 47.8. The van der Waals surface area contributed by atoms with E-state index in [1.165, 1.54) is 122 Å². The van der Waals surface area contributed by atoms with Crippen LogP contribution in [-0.4, -0.2) is 115 Å². The molecule has 4 N–H and O–H groups in total.